The second kappa shape index (κ2) is 3.30. The van der Waals surface area contributed by atoms with Gasteiger partial charge in [0, 0.05) is 33.3 Å². The van der Waals surface area contributed by atoms with Crippen molar-refractivity contribution in [3.63, 3.8) is 0 Å². The number of nitrogens with zero attached hydrogens (tertiary/aromatic N) is 2. The molecule has 0 amide bonds. The summed E-state index contributed by atoms with van der Waals surface area (Å²) in [6, 6.07) is 1.48. The minimum Gasteiger partial charge on any atom is -0.751 e. The molecule has 1 unspecified atom stereocenters. The summed E-state index contributed by atoms with van der Waals surface area (Å²) in [5.74, 6) is -0.594. The van der Waals surface area contributed by atoms with Crippen LogP contribution in [-0.2, 0) is 5.75 Å². The molecule has 2 N–H and O–H groups in total. The van der Waals surface area contributed by atoms with Crippen LogP contribution in [0.3, 0.4) is 0 Å². The molecule has 0 saturated carbocycles. The Morgan fingerprint density at radius 3 is 3.00 bits per heavy atom. The highest BCUT2D eigenvalue weighted by Gasteiger charge is 2.29. The first kappa shape index (κ1) is 10.6. The molecule has 82 valence electrons. The Morgan fingerprint density at radius 2 is 2.40 bits per heavy atom. The Morgan fingerprint density at radius 1 is 1.73 bits per heavy atom. The van der Waals surface area contributed by atoms with E-state index in [-0.39, 0.29) is 16.0 Å². The van der Waals surface area contributed by atoms with Crippen LogP contribution in [0.5, 0.6) is 0 Å². The van der Waals surface area contributed by atoms with Crippen molar-refractivity contribution in [1.82, 2.24) is 4.98 Å². The van der Waals surface area contributed by atoms with Gasteiger partial charge in [-0.15, -0.1) is 0 Å². The van der Waals surface area contributed by atoms with Gasteiger partial charge in [-0.05, 0) is 9.91 Å². The third-order valence-electron chi connectivity index (χ3n) is 1.84. The molecule has 1 aliphatic rings. The topological polar surface area (TPSA) is 111 Å². The van der Waals surface area contributed by atoms with Crippen LogP contribution in [-0.4, -0.2) is 19.0 Å². The Balaban J connectivity index is 2.58. The van der Waals surface area contributed by atoms with Crippen molar-refractivity contribution in [2.45, 2.75) is 5.75 Å². The van der Waals surface area contributed by atoms with E-state index in [2.05, 4.69) is 25.6 Å². The molecule has 1 atom stereocenters. The molecule has 0 radical (unpaired) electrons. The van der Waals surface area contributed by atoms with E-state index in [4.69, 9.17) is 0 Å². The maximum Gasteiger partial charge on any atom is 0.389 e. The van der Waals surface area contributed by atoms with Crippen molar-refractivity contribution in [2.24, 2.45) is 0 Å². The fourth-order valence-electron chi connectivity index (χ4n) is 1.31. The van der Waals surface area contributed by atoms with Crippen LogP contribution in [0, 0.1) is 10.1 Å². The Bertz CT molecular complexity index is 452. The number of aromatic nitrogens is 1. The molecule has 0 aliphatic carbocycles. The lowest BCUT2D eigenvalue weighted by Crippen LogP contribution is -2.04. The fourth-order valence-corrected chi connectivity index (χ4v) is 3.02. The molecule has 0 aromatic carbocycles. The third kappa shape index (κ3) is 1.91. The fraction of sp³-hybridized carbons (Fsp3) is 0.167. The zero-order valence-electron chi connectivity index (χ0n) is 7.14. The molecule has 15 heavy (non-hydrogen) atoms. The molecule has 0 saturated heterocycles. The van der Waals surface area contributed by atoms with Gasteiger partial charge in [-0.1, -0.05) is 0 Å². The summed E-state index contributed by atoms with van der Waals surface area (Å²) >= 11 is 3.00. The van der Waals surface area contributed by atoms with Gasteiger partial charge < -0.3 is 23.9 Å². The third-order valence-corrected chi connectivity index (χ3v) is 3.47. The van der Waals surface area contributed by atoms with Crippen molar-refractivity contribution in [3.8, 4) is 0 Å². The van der Waals surface area contributed by atoms with E-state index in [1.165, 1.54) is 6.07 Å². The van der Waals surface area contributed by atoms with Gasteiger partial charge in [-0.2, -0.15) is 0 Å². The lowest BCUT2D eigenvalue weighted by atomic mass is 10.2. The van der Waals surface area contributed by atoms with Crippen LogP contribution in [0.2, 0.25) is 0 Å². The predicted molar refractivity (Wildman–Crippen MR) is 56.9 cm³/mol. The molecular weight excluding hydrogens is 290 g/mol. The second-order valence-corrected chi connectivity index (χ2v) is 5.53. The molecule has 0 bridgehead atoms. The lowest BCUT2D eigenvalue weighted by Gasteiger charge is -2.40. The maximum absolute atomic E-state index is 11.3. The summed E-state index contributed by atoms with van der Waals surface area (Å²) in [5, 5.41) is 10.6. The first-order valence-electron chi connectivity index (χ1n) is 3.75. The number of anilines is 1. The Hall–Kier alpha value is -0.900. The lowest BCUT2D eigenvalue weighted by molar-refractivity contribution is -0.388. The average Bonchev–Trinajstić information content (AvgIpc) is 2.36. The first-order valence-corrected chi connectivity index (χ1v) is 6.22. The molecule has 7 nitrogen and oxygen atoms in total. The van der Waals surface area contributed by atoms with Gasteiger partial charge in [-0.3, -0.25) is 10.8 Å². The first-order chi connectivity index (χ1) is 6.89. The number of nitrogens with one attached hydrogen (secondary N) is 1. The summed E-state index contributed by atoms with van der Waals surface area (Å²) in [6.07, 6.45) is 0. The summed E-state index contributed by atoms with van der Waals surface area (Å²) in [7, 11) is -3.24. The van der Waals surface area contributed by atoms with E-state index in [0.717, 1.165) is 0 Å². The molecule has 1 aliphatic heterocycles. The Labute approximate surface area is 94.3 Å². The quantitative estimate of drug-likeness (QED) is 0.465. The largest absolute Gasteiger partial charge is 0.751 e. The molecule has 9 heteroatoms. The highest BCUT2D eigenvalue weighted by atomic mass is 79.9. The second-order valence-electron chi connectivity index (χ2n) is 2.95. The van der Waals surface area contributed by atoms with E-state index in [9.17, 15) is 19.2 Å². The van der Waals surface area contributed by atoms with Gasteiger partial charge in [0.1, 0.15) is 0 Å². The van der Waals surface area contributed by atoms with Gasteiger partial charge in [0.05, 0.1) is 0 Å². The van der Waals surface area contributed by atoms with Crippen LogP contribution < -0.4 is 4.72 Å². The number of hydrogen-bond acceptors (Lipinski definition) is 6. The number of halogens is 1. The molecule has 2 heterocycles. The summed E-state index contributed by atoms with van der Waals surface area (Å²) in [4.78, 5) is 13.6. The van der Waals surface area contributed by atoms with E-state index < -0.39 is 21.5 Å². The van der Waals surface area contributed by atoms with Crippen molar-refractivity contribution in [2.75, 3.05) is 4.72 Å². The summed E-state index contributed by atoms with van der Waals surface area (Å²) < 4.78 is 23.1. The average molecular weight is 295 g/mol. The SMILES string of the molecule is O=[N+]([O-])c1nc(Br)cc2c1NS([O-])(O)C2. The smallest absolute Gasteiger partial charge is 0.389 e. The zero-order chi connectivity index (χ0) is 11.2. The Kier molecular flexibility index (Phi) is 2.34. The van der Waals surface area contributed by atoms with Crippen LogP contribution >= 0.6 is 26.7 Å². The van der Waals surface area contributed by atoms with Gasteiger partial charge in [0.25, 0.3) is 0 Å². The van der Waals surface area contributed by atoms with E-state index in [0.29, 0.717) is 5.56 Å². The number of nitro groups is 1. The number of fused-ring (bicyclic) bond motifs is 1. The molecule has 0 fully saturated rings. The van der Waals surface area contributed by atoms with Gasteiger partial charge in [-0.25, -0.2) is 0 Å². The predicted octanol–water partition coefficient (Wildman–Crippen LogP) is 2.00. The number of pyridine rings is 1. The summed E-state index contributed by atoms with van der Waals surface area (Å²) in [6.45, 7) is 0. The van der Waals surface area contributed by atoms with Gasteiger partial charge >= 0.3 is 5.82 Å². The molecule has 1 aromatic heterocycles. The van der Waals surface area contributed by atoms with E-state index in [1.807, 2.05) is 0 Å². The van der Waals surface area contributed by atoms with E-state index in [1.54, 1.807) is 0 Å². The maximum atomic E-state index is 11.3. The standard InChI is InChI=1S/C6H6BrN3O4S/c7-4-1-3-2-15(13,14)9-5(3)6(8-4)10(11)12/h1,9,13-14H,2H2/p-1. The van der Waals surface area contributed by atoms with Crippen LogP contribution in [0.1, 0.15) is 5.56 Å². The van der Waals surface area contributed by atoms with Gasteiger partial charge in [0.15, 0.2) is 5.69 Å². The molecule has 1 aromatic rings. The summed E-state index contributed by atoms with van der Waals surface area (Å²) in [5.41, 5.74) is 0.437. The number of hydrogen-bond donors (Lipinski definition) is 2. The van der Waals surface area contributed by atoms with Crippen molar-refractivity contribution < 1.29 is 14.0 Å². The normalized spacial score (nSPS) is 27.7. The highest BCUT2D eigenvalue weighted by Crippen LogP contribution is 2.53. The van der Waals surface area contributed by atoms with Crippen molar-refractivity contribution >= 4 is 38.2 Å². The molecular formula is C6H5BrN3O4S-. The van der Waals surface area contributed by atoms with Gasteiger partial charge in [0.2, 0.25) is 4.60 Å². The zero-order valence-corrected chi connectivity index (χ0v) is 9.54. The van der Waals surface area contributed by atoms with Crippen LogP contribution in [0.25, 0.3) is 0 Å². The van der Waals surface area contributed by atoms with Crippen LogP contribution in [0.15, 0.2) is 10.7 Å². The molecule has 2 rings (SSSR count). The minimum absolute atomic E-state index is 0.0238. The van der Waals surface area contributed by atoms with E-state index >= 15 is 0 Å². The number of rotatable bonds is 1. The van der Waals surface area contributed by atoms with Crippen LogP contribution in [0.4, 0.5) is 11.5 Å². The van der Waals surface area contributed by atoms with Crippen molar-refractivity contribution in [3.05, 3.63) is 26.3 Å². The molecule has 0 spiro atoms. The minimum atomic E-state index is -3.24. The van der Waals surface area contributed by atoms with Crippen molar-refractivity contribution in [1.29, 1.82) is 0 Å². The highest BCUT2D eigenvalue weighted by molar-refractivity contribution is 9.10. The monoisotopic (exact) mass is 294 g/mol.